The van der Waals surface area contributed by atoms with Gasteiger partial charge in [0.05, 0.1) is 0 Å². The number of benzene rings is 4. The molecule has 118 valence electrons. The summed E-state index contributed by atoms with van der Waals surface area (Å²) in [6, 6.07) is 30.4. The topological polar surface area (TPSA) is 3.24 Å². The molecule has 0 saturated carbocycles. The van der Waals surface area contributed by atoms with Crippen molar-refractivity contribution in [1.29, 1.82) is 0 Å². The molecular formula is C23H21N. The smallest absolute Gasteiger partial charge is 0.0246 e. The molecule has 0 saturated heterocycles. The lowest BCUT2D eigenvalue weighted by atomic mass is 9.96. The van der Waals surface area contributed by atoms with Gasteiger partial charge in [-0.1, -0.05) is 78.9 Å². The van der Waals surface area contributed by atoms with Crippen molar-refractivity contribution in [3.63, 3.8) is 0 Å². The van der Waals surface area contributed by atoms with Crippen LogP contribution in [0.5, 0.6) is 0 Å². The maximum atomic E-state index is 2.39. The molecule has 0 aliphatic rings. The Balaban J connectivity index is 1.76. The largest absolute Gasteiger partial charge is 0.298 e. The second-order valence-electron chi connectivity index (χ2n) is 6.46. The first kappa shape index (κ1) is 14.9. The zero-order valence-corrected chi connectivity index (χ0v) is 13.9. The molecule has 0 N–H and O–H groups in total. The van der Waals surface area contributed by atoms with E-state index in [4.69, 9.17) is 0 Å². The summed E-state index contributed by atoms with van der Waals surface area (Å²) in [5, 5.41) is 5.35. The van der Waals surface area contributed by atoms with Crippen LogP contribution in [0.4, 0.5) is 0 Å². The molecule has 4 aromatic rings. The second-order valence-corrected chi connectivity index (χ2v) is 6.46. The van der Waals surface area contributed by atoms with E-state index in [1.165, 1.54) is 32.7 Å². The number of nitrogens with zero attached hydrogens (tertiary/aromatic N) is 1. The third kappa shape index (κ3) is 2.91. The van der Waals surface area contributed by atoms with Crippen molar-refractivity contribution in [2.24, 2.45) is 0 Å². The Kier molecular flexibility index (Phi) is 4.02. The third-order valence-corrected chi connectivity index (χ3v) is 4.61. The Morgan fingerprint density at radius 1 is 0.625 bits per heavy atom. The summed E-state index contributed by atoms with van der Waals surface area (Å²) in [5.74, 6) is 0. The first-order valence-electron chi connectivity index (χ1n) is 8.43. The van der Waals surface area contributed by atoms with E-state index in [9.17, 15) is 0 Å². The van der Waals surface area contributed by atoms with Gasteiger partial charge in [0.1, 0.15) is 0 Å². The molecular weight excluding hydrogens is 290 g/mol. The van der Waals surface area contributed by atoms with Gasteiger partial charge in [-0.25, -0.2) is 0 Å². The van der Waals surface area contributed by atoms with Gasteiger partial charge in [-0.05, 0) is 45.8 Å². The fourth-order valence-corrected chi connectivity index (χ4v) is 3.50. The zero-order valence-electron chi connectivity index (χ0n) is 13.9. The number of hydrogen-bond acceptors (Lipinski definition) is 1. The van der Waals surface area contributed by atoms with E-state index in [2.05, 4.69) is 96.9 Å². The lowest BCUT2D eigenvalue weighted by Crippen LogP contribution is -2.17. The highest BCUT2D eigenvalue weighted by molar-refractivity contribution is 6.02. The van der Waals surface area contributed by atoms with Crippen LogP contribution >= 0.6 is 0 Å². The second kappa shape index (κ2) is 6.46. The summed E-state index contributed by atoms with van der Waals surface area (Å²) in [5.41, 5.74) is 2.77. The maximum Gasteiger partial charge on any atom is 0.0246 e. The van der Waals surface area contributed by atoms with E-state index >= 15 is 0 Å². The van der Waals surface area contributed by atoms with E-state index < -0.39 is 0 Å². The zero-order chi connectivity index (χ0) is 16.4. The van der Waals surface area contributed by atoms with Crippen LogP contribution in [0.15, 0.2) is 84.9 Å². The van der Waals surface area contributed by atoms with Gasteiger partial charge >= 0.3 is 0 Å². The van der Waals surface area contributed by atoms with Crippen molar-refractivity contribution in [2.45, 2.75) is 13.1 Å². The van der Waals surface area contributed by atoms with E-state index in [0.29, 0.717) is 0 Å². The molecule has 0 aliphatic heterocycles. The Hall–Kier alpha value is -2.64. The molecule has 0 aromatic heterocycles. The van der Waals surface area contributed by atoms with Crippen LogP contribution in [0, 0.1) is 0 Å². The van der Waals surface area contributed by atoms with Crippen LogP contribution in [0.3, 0.4) is 0 Å². The van der Waals surface area contributed by atoms with E-state index in [1.807, 2.05) is 0 Å². The third-order valence-electron chi connectivity index (χ3n) is 4.61. The van der Waals surface area contributed by atoms with Crippen molar-refractivity contribution in [3.05, 3.63) is 96.1 Å². The van der Waals surface area contributed by atoms with Crippen LogP contribution in [-0.2, 0) is 13.1 Å². The van der Waals surface area contributed by atoms with Crippen molar-refractivity contribution >= 4 is 21.5 Å². The van der Waals surface area contributed by atoms with Gasteiger partial charge in [-0.2, -0.15) is 0 Å². The van der Waals surface area contributed by atoms with Crippen LogP contribution in [-0.4, -0.2) is 11.9 Å². The standard InChI is InChI=1S/C23H21N/c1-24(16-18-9-3-2-4-10-18)17-23-21-13-7-5-11-19(21)15-20-12-6-8-14-22(20)23/h2-15H,16-17H2,1H3. The molecule has 0 heterocycles. The minimum Gasteiger partial charge on any atom is -0.298 e. The van der Waals surface area contributed by atoms with Crippen LogP contribution < -0.4 is 0 Å². The summed E-state index contributed by atoms with van der Waals surface area (Å²) >= 11 is 0. The number of rotatable bonds is 4. The minimum absolute atomic E-state index is 0.941. The van der Waals surface area contributed by atoms with Gasteiger partial charge in [0.2, 0.25) is 0 Å². The molecule has 0 radical (unpaired) electrons. The molecule has 0 spiro atoms. The molecule has 0 unspecified atom stereocenters. The molecule has 24 heavy (non-hydrogen) atoms. The molecule has 1 nitrogen and oxygen atoms in total. The molecule has 4 rings (SSSR count). The van der Waals surface area contributed by atoms with Gasteiger partial charge < -0.3 is 0 Å². The molecule has 0 aliphatic carbocycles. The summed E-state index contributed by atoms with van der Waals surface area (Å²) < 4.78 is 0. The average molecular weight is 311 g/mol. The van der Waals surface area contributed by atoms with Crippen LogP contribution in [0.25, 0.3) is 21.5 Å². The van der Waals surface area contributed by atoms with Gasteiger partial charge in [0, 0.05) is 13.1 Å². The van der Waals surface area contributed by atoms with E-state index in [0.717, 1.165) is 13.1 Å². The predicted octanol–water partition coefficient (Wildman–Crippen LogP) is 5.63. The van der Waals surface area contributed by atoms with Crippen molar-refractivity contribution in [1.82, 2.24) is 4.90 Å². The summed E-state index contributed by atoms with van der Waals surface area (Å²) in [7, 11) is 2.20. The molecule has 0 atom stereocenters. The summed E-state index contributed by atoms with van der Waals surface area (Å²) in [6.07, 6.45) is 0. The van der Waals surface area contributed by atoms with Crippen molar-refractivity contribution in [2.75, 3.05) is 7.05 Å². The first-order valence-corrected chi connectivity index (χ1v) is 8.43. The lowest BCUT2D eigenvalue weighted by molar-refractivity contribution is 0.321. The highest BCUT2D eigenvalue weighted by Crippen LogP contribution is 2.29. The first-order chi connectivity index (χ1) is 11.8. The predicted molar refractivity (Wildman–Crippen MR) is 103 cm³/mol. The summed E-state index contributed by atoms with van der Waals surface area (Å²) in [6.45, 7) is 1.90. The van der Waals surface area contributed by atoms with Gasteiger partial charge in [-0.3, -0.25) is 4.90 Å². The van der Waals surface area contributed by atoms with E-state index in [-0.39, 0.29) is 0 Å². The fraction of sp³-hybridized carbons (Fsp3) is 0.130. The van der Waals surface area contributed by atoms with Gasteiger partial charge in [-0.15, -0.1) is 0 Å². The molecule has 0 amide bonds. The maximum absolute atomic E-state index is 2.39. The molecule has 4 aromatic carbocycles. The Bertz CT molecular complexity index is 919. The quantitative estimate of drug-likeness (QED) is 0.442. The minimum atomic E-state index is 0.941. The number of hydrogen-bond donors (Lipinski definition) is 0. The van der Waals surface area contributed by atoms with Gasteiger partial charge in [0.25, 0.3) is 0 Å². The molecule has 0 bridgehead atoms. The Morgan fingerprint density at radius 2 is 1.17 bits per heavy atom. The summed E-state index contributed by atoms with van der Waals surface area (Å²) in [4.78, 5) is 2.39. The van der Waals surface area contributed by atoms with Crippen LogP contribution in [0.2, 0.25) is 0 Å². The van der Waals surface area contributed by atoms with Gasteiger partial charge in [0.15, 0.2) is 0 Å². The van der Waals surface area contributed by atoms with Crippen molar-refractivity contribution < 1.29 is 0 Å². The highest BCUT2D eigenvalue weighted by atomic mass is 15.1. The SMILES string of the molecule is CN(Cc1ccccc1)Cc1c2ccccc2cc2ccccc12. The monoisotopic (exact) mass is 311 g/mol. The molecule has 0 fully saturated rings. The fourth-order valence-electron chi connectivity index (χ4n) is 3.50. The Labute approximate surface area is 143 Å². The number of fused-ring (bicyclic) bond motifs is 2. The average Bonchev–Trinajstić information content (AvgIpc) is 2.62. The highest BCUT2D eigenvalue weighted by Gasteiger charge is 2.10. The normalized spacial score (nSPS) is 11.4. The van der Waals surface area contributed by atoms with Crippen molar-refractivity contribution in [3.8, 4) is 0 Å². The molecule has 1 heteroatoms. The lowest BCUT2D eigenvalue weighted by Gasteiger charge is -2.20. The van der Waals surface area contributed by atoms with Crippen LogP contribution in [0.1, 0.15) is 11.1 Å². The van der Waals surface area contributed by atoms with E-state index in [1.54, 1.807) is 0 Å². The Morgan fingerprint density at radius 3 is 1.79 bits per heavy atom.